The van der Waals surface area contributed by atoms with Gasteiger partial charge in [-0.05, 0) is 50.7 Å². The van der Waals surface area contributed by atoms with Crippen LogP contribution in [0.5, 0.6) is 0 Å². The molecule has 4 nitrogen and oxygen atoms in total. The molecule has 0 unspecified atom stereocenters. The minimum Gasteiger partial charge on any atom is -0.384 e. The first-order valence-corrected chi connectivity index (χ1v) is 6.68. The third kappa shape index (κ3) is 2.47. The monoisotopic (exact) mass is 245 g/mol. The number of aromatic nitrogens is 1. The van der Waals surface area contributed by atoms with E-state index in [1.807, 2.05) is 17.9 Å². The van der Waals surface area contributed by atoms with Gasteiger partial charge in [-0.25, -0.2) is 4.98 Å². The summed E-state index contributed by atoms with van der Waals surface area (Å²) in [7, 11) is 0. The zero-order valence-electron chi connectivity index (χ0n) is 10.7. The summed E-state index contributed by atoms with van der Waals surface area (Å²) in [6.07, 6.45) is 4.85. The molecule has 0 radical (unpaired) electrons. The van der Waals surface area contributed by atoms with Gasteiger partial charge in [0.1, 0.15) is 5.82 Å². The molecule has 2 saturated carbocycles. The van der Waals surface area contributed by atoms with E-state index in [0.29, 0.717) is 17.4 Å². The third-order valence-corrected chi connectivity index (χ3v) is 3.62. The van der Waals surface area contributed by atoms with Crippen LogP contribution in [-0.2, 0) is 0 Å². The lowest BCUT2D eigenvalue weighted by Crippen LogP contribution is -2.35. The fourth-order valence-electron chi connectivity index (χ4n) is 2.35. The number of aryl methyl sites for hydroxylation is 1. The molecule has 18 heavy (non-hydrogen) atoms. The van der Waals surface area contributed by atoms with Gasteiger partial charge in [0.2, 0.25) is 0 Å². The van der Waals surface area contributed by atoms with Crippen molar-refractivity contribution in [2.75, 3.05) is 12.3 Å². The topological polar surface area (TPSA) is 59.2 Å². The van der Waals surface area contributed by atoms with Crippen LogP contribution in [0, 0.1) is 12.8 Å². The van der Waals surface area contributed by atoms with Crippen LogP contribution in [0.15, 0.2) is 12.1 Å². The van der Waals surface area contributed by atoms with E-state index in [2.05, 4.69) is 4.98 Å². The molecule has 2 fully saturated rings. The zero-order valence-corrected chi connectivity index (χ0v) is 10.7. The molecule has 0 bridgehead atoms. The van der Waals surface area contributed by atoms with Gasteiger partial charge in [-0.3, -0.25) is 4.79 Å². The van der Waals surface area contributed by atoms with E-state index in [9.17, 15) is 4.79 Å². The fourth-order valence-corrected chi connectivity index (χ4v) is 2.35. The number of nitrogen functional groups attached to an aromatic ring is 1. The van der Waals surface area contributed by atoms with Gasteiger partial charge >= 0.3 is 0 Å². The lowest BCUT2D eigenvalue weighted by Gasteiger charge is -2.22. The summed E-state index contributed by atoms with van der Waals surface area (Å²) in [4.78, 5) is 18.7. The molecule has 2 N–H and O–H groups in total. The highest BCUT2D eigenvalue weighted by molar-refractivity contribution is 5.95. The Kier molecular flexibility index (Phi) is 2.73. The summed E-state index contributed by atoms with van der Waals surface area (Å²) in [5, 5.41) is 0. The SMILES string of the molecule is Cc1cc(C(=O)N(CC2CC2)C2CC2)cc(N)n1. The average molecular weight is 245 g/mol. The molecular weight excluding hydrogens is 226 g/mol. The Morgan fingerprint density at radius 1 is 1.39 bits per heavy atom. The summed E-state index contributed by atoms with van der Waals surface area (Å²) in [5.41, 5.74) is 7.21. The first-order valence-electron chi connectivity index (χ1n) is 6.68. The summed E-state index contributed by atoms with van der Waals surface area (Å²) in [6.45, 7) is 2.79. The van der Waals surface area contributed by atoms with Crippen molar-refractivity contribution in [1.29, 1.82) is 0 Å². The van der Waals surface area contributed by atoms with Crippen LogP contribution in [0.2, 0.25) is 0 Å². The van der Waals surface area contributed by atoms with Crippen LogP contribution >= 0.6 is 0 Å². The molecule has 0 saturated heterocycles. The van der Waals surface area contributed by atoms with E-state index in [4.69, 9.17) is 5.73 Å². The Bertz CT molecular complexity index is 458. The van der Waals surface area contributed by atoms with Crippen molar-refractivity contribution < 1.29 is 4.79 Å². The zero-order chi connectivity index (χ0) is 12.7. The minimum absolute atomic E-state index is 0.126. The predicted octanol–water partition coefficient (Wildman–Crippen LogP) is 1.99. The summed E-state index contributed by atoms with van der Waals surface area (Å²) in [6, 6.07) is 3.99. The first-order chi connectivity index (χ1) is 8.63. The van der Waals surface area contributed by atoms with Crippen LogP contribution in [0.3, 0.4) is 0 Å². The van der Waals surface area contributed by atoms with Gasteiger partial charge in [-0.2, -0.15) is 0 Å². The lowest BCUT2D eigenvalue weighted by molar-refractivity contribution is 0.0734. The van der Waals surface area contributed by atoms with Crippen molar-refractivity contribution in [3.63, 3.8) is 0 Å². The largest absolute Gasteiger partial charge is 0.384 e. The molecule has 0 spiro atoms. The maximum atomic E-state index is 12.5. The molecule has 0 aliphatic heterocycles. The number of nitrogens with zero attached hydrogens (tertiary/aromatic N) is 2. The third-order valence-electron chi connectivity index (χ3n) is 3.62. The van der Waals surface area contributed by atoms with Crippen molar-refractivity contribution in [2.45, 2.75) is 38.6 Å². The predicted molar refractivity (Wildman–Crippen MR) is 70.2 cm³/mol. The normalized spacial score (nSPS) is 18.7. The number of rotatable bonds is 4. The lowest BCUT2D eigenvalue weighted by atomic mass is 10.2. The quantitative estimate of drug-likeness (QED) is 0.882. The van der Waals surface area contributed by atoms with Crippen molar-refractivity contribution >= 4 is 11.7 Å². The van der Waals surface area contributed by atoms with Gasteiger partial charge in [-0.1, -0.05) is 0 Å². The van der Waals surface area contributed by atoms with Crippen LogP contribution < -0.4 is 5.73 Å². The maximum Gasteiger partial charge on any atom is 0.254 e. The van der Waals surface area contributed by atoms with Gasteiger partial charge in [-0.15, -0.1) is 0 Å². The van der Waals surface area contributed by atoms with Crippen molar-refractivity contribution in [3.8, 4) is 0 Å². The van der Waals surface area contributed by atoms with E-state index in [0.717, 1.165) is 31.0 Å². The molecule has 2 aliphatic carbocycles. The number of hydrogen-bond donors (Lipinski definition) is 1. The Morgan fingerprint density at radius 3 is 2.67 bits per heavy atom. The van der Waals surface area contributed by atoms with E-state index in [1.165, 1.54) is 12.8 Å². The average Bonchev–Trinajstić information content (AvgIpc) is 3.15. The second-order valence-electron chi connectivity index (χ2n) is 5.55. The van der Waals surface area contributed by atoms with E-state index in [-0.39, 0.29) is 5.91 Å². The standard InChI is InChI=1S/C14H19N3O/c1-9-6-11(7-13(15)16-9)14(18)17(12-4-5-12)8-10-2-3-10/h6-7,10,12H,2-5,8H2,1H3,(H2,15,16). The van der Waals surface area contributed by atoms with Crippen LogP contribution in [0.1, 0.15) is 41.7 Å². The smallest absolute Gasteiger partial charge is 0.254 e. The van der Waals surface area contributed by atoms with E-state index in [1.54, 1.807) is 6.07 Å². The maximum absolute atomic E-state index is 12.5. The molecule has 96 valence electrons. The van der Waals surface area contributed by atoms with Gasteiger partial charge in [0.15, 0.2) is 0 Å². The van der Waals surface area contributed by atoms with Gasteiger partial charge in [0, 0.05) is 23.8 Å². The number of nitrogens with two attached hydrogens (primary N) is 1. The minimum atomic E-state index is 0.126. The number of amides is 1. The Labute approximate surface area is 107 Å². The number of carbonyl (C=O) groups excluding carboxylic acids is 1. The Morgan fingerprint density at radius 2 is 2.11 bits per heavy atom. The van der Waals surface area contributed by atoms with E-state index < -0.39 is 0 Å². The highest BCUT2D eigenvalue weighted by atomic mass is 16.2. The second-order valence-corrected chi connectivity index (χ2v) is 5.55. The van der Waals surface area contributed by atoms with E-state index >= 15 is 0 Å². The van der Waals surface area contributed by atoms with Gasteiger partial charge in [0.25, 0.3) is 5.91 Å². The molecule has 2 aliphatic rings. The molecule has 0 aromatic carbocycles. The molecular formula is C14H19N3O. The summed E-state index contributed by atoms with van der Waals surface area (Å²) in [5.74, 6) is 1.29. The fraction of sp³-hybridized carbons (Fsp3) is 0.571. The number of carbonyl (C=O) groups is 1. The number of hydrogen-bond acceptors (Lipinski definition) is 3. The van der Waals surface area contributed by atoms with Crippen LogP contribution in [0.4, 0.5) is 5.82 Å². The highest BCUT2D eigenvalue weighted by Crippen LogP contribution is 2.35. The molecule has 1 heterocycles. The number of anilines is 1. The Hall–Kier alpha value is -1.58. The molecule has 4 heteroatoms. The van der Waals surface area contributed by atoms with Gasteiger partial charge in [0.05, 0.1) is 0 Å². The summed E-state index contributed by atoms with van der Waals surface area (Å²) < 4.78 is 0. The van der Waals surface area contributed by atoms with Crippen LogP contribution in [0.25, 0.3) is 0 Å². The first kappa shape index (κ1) is 11.5. The second kappa shape index (κ2) is 4.26. The molecule has 1 amide bonds. The van der Waals surface area contributed by atoms with Gasteiger partial charge < -0.3 is 10.6 Å². The molecule has 1 aromatic rings. The summed E-state index contributed by atoms with van der Waals surface area (Å²) >= 11 is 0. The highest BCUT2D eigenvalue weighted by Gasteiger charge is 2.36. The van der Waals surface area contributed by atoms with Crippen molar-refractivity contribution in [3.05, 3.63) is 23.4 Å². The molecule has 0 atom stereocenters. The molecule has 3 rings (SSSR count). The van der Waals surface area contributed by atoms with Crippen molar-refractivity contribution in [2.24, 2.45) is 5.92 Å². The van der Waals surface area contributed by atoms with Crippen LogP contribution in [-0.4, -0.2) is 28.4 Å². The molecule has 1 aromatic heterocycles. The Balaban J connectivity index is 1.81. The van der Waals surface area contributed by atoms with Crippen molar-refractivity contribution in [1.82, 2.24) is 9.88 Å². The number of pyridine rings is 1.